The Morgan fingerprint density at radius 1 is 1.07 bits per heavy atom. The number of nitrogens with zero attached hydrogens (tertiary/aromatic N) is 6. The van der Waals surface area contributed by atoms with Crippen molar-refractivity contribution in [2.24, 2.45) is 0 Å². The van der Waals surface area contributed by atoms with Gasteiger partial charge in [-0.15, -0.1) is 5.10 Å². The van der Waals surface area contributed by atoms with Crippen LogP contribution in [0.3, 0.4) is 0 Å². The van der Waals surface area contributed by atoms with Gasteiger partial charge in [0.15, 0.2) is 0 Å². The van der Waals surface area contributed by atoms with Crippen LogP contribution in [0.15, 0.2) is 54.9 Å². The van der Waals surface area contributed by atoms with E-state index in [2.05, 4.69) is 25.6 Å². The zero-order chi connectivity index (χ0) is 31.8. The van der Waals surface area contributed by atoms with Crippen LogP contribution in [0.25, 0.3) is 5.69 Å². The summed E-state index contributed by atoms with van der Waals surface area (Å²) in [4.78, 5) is 43.3. The number of benzene rings is 2. The van der Waals surface area contributed by atoms with Crippen LogP contribution in [-0.2, 0) is 41.4 Å². The summed E-state index contributed by atoms with van der Waals surface area (Å²) in [6.07, 6.45) is 2.31. The predicted octanol–water partition coefficient (Wildman–Crippen LogP) is 1.05. The number of sulfonamides is 1. The number of likely N-dealkylation sites (tertiary alicyclic amines) is 1. The van der Waals surface area contributed by atoms with Crippen molar-refractivity contribution >= 4 is 39.3 Å². The third-order valence-electron chi connectivity index (χ3n) is 7.76. The molecule has 3 amide bonds. The Bertz CT molecular complexity index is 1590. The summed E-state index contributed by atoms with van der Waals surface area (Å²) in [6, 6.07) is 11.7. The van der Waals surface area contributed by atoms with Crippen molar-refractivity contribution < 1.29 is 27.5 Å². The van der Waals surface area contributed by atoms with E-state index in [1.54, 1.807) is 53.4 Å². The number of morpholine rings is 1. The highest BCUT2D eigenvalue weighted by molar-refractivity contribution is 7.88. The van der Waals surface area contributed by atoms with Gasteiger partial charge < -0.3 is 19.9 Å². The first-order valence-electron chi connectivity index (χ1n) is 14.7. The summed E-state index contributed by atoms with van der Waals surface area (Å²) in [5.74, 6) is -1.45. The first-order valence-corrected chi connectivity index (χ1v) is 16.7. The lowest BCUT2D eigenvalue weighted by atomic mass is 10.1. The zero-order valence-electron chi connectivity index (χ0n) is 24.5. The summed E-state index contributed by atoms with van der Waals surface area (Å²) in [5.41, 5.74) is 1.84. The number of rotatable bonds is 12. The van der Waals surface area contributed by atoms with E-state index < -0.39 is 33.9 Å². The molecule has 1 aromatic heterocycles. The van der Waals surface area contributed by atoms with E-state index in [1.807, 2.05) is 0 Å². The Kier molecular flexibility index (Phi) is 10.8. The molecule has 2 aromatic carbocycles. The Hall–Kier alpha value is -3.92. The molecule has 2 aliphatic heterocycles. The Labute approximate surface area is 266 Å². The number of aromatic nitrogens is 4. The average Bonchev–Trinajstić information content (AvgIpc) is 3.75. The van der Waals surface area contributed by atoms with Crippen LogP contribution in [0.4, 0.5) is 0 Å². The molecule has 0 spiro atoms. The molecule has 2 fully saturated rings. The van der Waals surface area contributed by atoms with Crippen molar-refractivity contribution in [2.75, 3.05) is 32.8 Å². The molecular weight excluding hydrogens is 624 g/mol. The largest absolute Gasteiger partial charge is 0.378 e. The van der Waals surface area contributed by atoms with Crippen LogP contribution in [0.5, 0.6) is 0 Å². The van der Waals surface area contributed by atoms with Crippen molar-refractivity contribution in [1.29, 1.82) is 0 Å². The number of carbonyl (C=O) groups is 3. The molecule has 14 nitrogen and oxygen atoms in total. The van der Waals surface area contributed by atoms with Gasteiger partial charge in [0.1, 0.15) is 18.4 Å². The second-order valence-corrected chi connectivity index (χ2v) is 13.1. The molecule has 0 unspecified atom stereocenters. The topological polar surface area (TPSA) is 169 Å². The van der Waals surface area contributed by atoms with Crippen LogP contribution in [0, 0.1) is 0 Å². The monoisotopic (exact) mass is 658 g/mol. The van der Waals surface area contributed by atoms with E-state index in [4.69, 9.17) is 16.3 Å². The predicted molar refractivity (Wildman–Crippen MR) is 163 cm³/mol. The van der Waals surface area contributed by atoms with Gasteiger partial charge in [-0.05, 0) is 59.0 Å². The standard InChI is InChI=1S/C29H35ClN8O6S/c30-23-8-10-25(38-20-32-34-35-38)22(17-23)18-31-28(40)26-7-4-12-37(26)29(41)24(9-11-27(39)36-13-15-44-16-14-36)33-45(42,43)19-21-5-2-1-3-6-21/h1-3,5-6,8,10,17,20,24,26,33H,4,7,9,11-16,18-19H2,(H,31,40)/t24-,26+/m1/s1. The van der Waals surface area contributed by atoms with Crippen LogP contribution < -0.4 is 10.0 Å². The van der Waals surface area contributed by atoms with Gasteiger partial charge in [-0.25, -0.2) is 17.8 Å². The number of ether oxygens (including phenoxy) is 1. The first-order chi connectivity index (χ1) is 21.7. The Balaban J connectivity index is 1.29. The molecule has 2 aliphatic rings. The van der Waals surface area contributed by atoms with Crippen LogP contribution in [0.1, 0.15) is 36.8 Å². The van der Waals surface area contributed by atoms with Crippen molar-refractivity contribution in [2.45, 2.75) is 50.1 Å². The second kappa shape index (κ2) is 14.9. The van der Waals surface area contributed by atoms with Crippen molar-refractivity contribution in [3.05, 3.63) is 71.0 Å². The van der Waals surface area contributed by atoms with E-state index in [1.165, 1.54) is 15.9 Å². The third kappa shape index (κ3) is 8.63. The van der Waals surface area contributed by atoms with Gasteiger partial charge in [-0.3, -0.25) is 14.4 Å². The average molecular weight is 659 g/mol. The van der Waals surface area contributed by atoms with Crippen LogP contribution >= 0.6 is 11.6 Å². The molecule has 0 aliphatic carbocycles. The molecule has 2 N–H and O–H groups in total. The zero-order valence-corrected chi connectivity index (χ0v) is 26.1. The molecule has 16 heteroatoms. The van der Waals surface area contributed by atoms with E-state index in [-0.39, 0.29) is 37.6 Å². The minimum atomic E-state index is -3.97. The molecule has 240 valence electrons. The maximum absolute atomic E-state index is 13.9. The molecule has 0 bridgehead atoms. The quantitative estimate of drug-likeness (QED) is 0.289. The number of halogens is 1. The third-order valence-corrected chi connectivity index (χ3v) is 9.35. The number of hydrogen-bond acceptors (Lipinski definition) is 9. The number of nitrogens with one attached hydrogen (secondary N) is 2. The Morgan fingerprint density at radius 2 is 1.84 bits per heavy atom. The highest BCUT2D eigenvalue weighted by atomic mass is 35.5. The lowest BCUT2D eigenvalue weighted by Crippen LogP contribution is -2.53. The van der Waals surface area contributed by atoms with Gasteiger partial charge in [0, 0.05) is 37.6 Å². The SMILES string of the molecule is O=C(NCc1cc(Cl)ccc1-n1cnnn1)[C@@H]1CCCN1C(=O)[C@@H](CCC(=O)N1CCOCC1)NS(=O)(=O)Cc1ccccc1. The van der Waals surface area contributed by atoms with Gasteiger partial charge in [-0.1, -0.05) is 41.9 Å². The van der Waals surface area contributed by atoms with E-state index in [0.29, 0.717) is 61.0 Å². The number of amides is 3. The molecule has 0 radical (unpaired) electrons. The molecule has 45 heavy (non-hydrogen) atoms. The van der Waals surface area contributed by atoms with Gasteiger partial charge in [0.2, 0.25) is 27.7 Å². The molecule has 5 rings (SSSR count). The fourth-order valence-corrected chi connectivity index (χ4v) is 7.08. The van der Waals surface area contributed by atoms with E-state index >= 15 is 0 Å². The first kappa shape index (κ1) is 32.5. The van der Waals surface area contributed by atoms with Crippen molar-refractivity contribution in [3.8, 4) is 5.69 Å². The molecule has 3 aromatic rings. The molecule has 2 saturated heterocycles. The van der Waals surface area contributed by atoms with Crippen LogP contribution in [-0.4, -0.2) is 101 Å². The number of hydrogen-bond donors (Lipinski definition) is 2. The lowest BCUT2D eigenvalue weighted by Gasteiger charge is -2.30. The Morgan fingerprint density at radius 3 is 2.58 bits per heavy atom. The smallest absolute Gasteiger partial charge is 0.243 e. The summed E-state index contributed by atoms with van der Waals surface area (Å²) in [5, 5.41) is 14.6. The minimum absolute atomic E-state index is 0.0380. The van der Waals surface area contributed by atoms with Crippen LogP contribution in [0.2, 0.25) is 5.02 Å². The summed E-state index contributed by atoms with van der Waals surface area (Å²) >= 11 is 6.21. The maximum Gasteiger partial charge on any atom is 0.243 e. The van der Waals surface area contributed by atoms with Gasteiger partial charge >= 0.3 is 0 Å². The fraction of sp³-hybridized carbons (Fsp3) is 0.448. The van der Waals surface area contributed by atoms with E-state index in [9.17, 15) is 22.8 Å². The number of tetrazole rings is 1. The highest BCUT2D eigenvalue weighted by Crippen LogP contribution is 2.22. The lowest BCUT2D eigenvalue weighted by molar-refractivity contribution is -0.140. The summed E-state index contributed by atoms with van der Waals surface area (Å²) in [6.45, 7) is 2.09. The van der Waals surface area contributed by atoms with Gasteiger partial charge in [-0.2, -0.15) is 0 Å². The second-order valence-electron chi connectivity index (χ2n) is 10.9. The van der Waals surface area contributed by atoms with Gasteiger partial charge in [0.05, 0.1) is 24.7 Å². The molecule has 3 heterocycles. The van der Waals surface area contributed by atoms with Crippen molar-refractivity contribution in [1.82, 2.24) is 40.0 Å². The highest BCUT2D eigenvalue weighted by Gasteiger charge is 2.38. The molecule has 2 atom stereocenters. The maximum atomic E-state index is 13.9. The summed E-state index contributed by atoms with van der Waals surface area (Å²) < 4.78 is 35.7. The van der Waals surface area contributed by atoms with E-state index in [0.717, 1.165) is 0 Å². The normalized spacial score (nSPS) is 17.7. The fourth-order valence-electron chi connectivity index (χ4n) is 5.52. The number of carbonyl (C=O) groups excluding carboxylic acids is 3. The van der Waals surface area contributed by atoms with Gasteiger partial charge in [0.25, 0.3) is 0 Å². The van der Waals surface area contributed by atoms with Crippen molar-refractivity contribution in [3.63, 3.8) is 0 Å². The molecule has 0 saturated carbocycles. The molecular formula is C29H35ClN8O6S. The minimum Gasteiger partial charge on any atom is -0.378 e. The summed E-state index contributed by atoms with van der Waals surface area (Å²) in [7, 11) is -3.97.